The van der Waals surface area contributed by atoms with Crippen molar-refractivity contribution in [2.45, 2.75) is 13.2 Å². The van der Waals surface area contributed by atoms with E-state index in [9.17, 15) is 4.79 Å². The molecule has 1 heterocycles. The van der Waals surface area contributed by atoms with Gasteiger partial charge in [-0.15, -0.1) is 0 Å². The largest absolute Gasteiger partial charge is 0.473 e. The van der Waals surface area contributed by atoms with Crippen LogP contribution in [0.3, 0.4) is 0 Å². The number of hydrogen-bond acceptors (Lipinski definition) is 5. The Morgan fingerprint density at radius 3 is 2.00 bits per heavy atom. The Morgan fingerprint density at radius 1 is 0.771 bits per heavy atom. The minimum absolute atomic E-state index is 0.359. The first-order valence-corrected chi connectivity index (χ1v) is 11.9. The summed E-state index contributed by atoms with van der Waals surface area (Å²) in [6, 6.07) is 29.4. The summed E-state index contributed by atoms with van der Waals surface area (Å²) < 4.78 is 13.0. The van der Waals surface area contributed by atoms with Gasteiger partial charge in [0.05, 0.1) is 11.4 Å². The van der Waals surface area contributed by atoms with Crippen LogP contribution in [0.25, 0.3) is 0 Å². The van der Waals surface area contributed by atoms with E-state index in [2.05, 4.69) is 20.9 Å². The third-order valence-corrected chi connectivity index (χ3v) is 5.95. The number of hydrogen-bond donors (Lipinski definition) is 0. The number of ether oxygens (including phenoxy) is 2. The molecule has 4 rings (SSSR count). The van der Waals surface area contributed by atoms with Crippen LogP contribution in [0.15, 0.2) is 95.5 Å². The van der Waals surface area contributed by atoms with Crippen molar-refractivity contribution in [1.29, 1.82) is 0 Å². The van der Waals surface area contributed by atoms with E-state index in [0.29, 0.717) is 25.0 Å². The lowest BCUT2D eigenvalue weighted by molar-refractivity contribution is -0.107. The van der Waals surface area contributed by atoms with Crippen LogP contribution < -0.4 is 19.3 Å². The maximum Gasteiger partial charge on any atom is 0.241 e. The summed E-state index contributed by atoms with van der Waals surface area (Å²) in [5, 5.41) is 0. The molecule has 0 saturated carbocycles. The molecule has 7 heteroatoms. The van der Waals surface area contributed by atoms with E-state index in [4.69, 9.17) is 9.47 Å². The highest BCUT2D eigenvalue weighted by Crippen LogP contribution is 2.39. The van der Waals surface area contributed by atoms with Crippen LogP contribution in [-0.4, -0.2) is 25.5 Å². The first-order chi connectivity index (χ1) is 17.0. The molecular formula is C28H26BrN3O3. The number of pyridine rings is 1. The van der Waals surface area contributed by atoms with Crippen molar-refractivity contribution in [3.05, 3.63) is 107 Å². The van der Waals surface area contributed by atoms with Crippen LogP contribution in [0, 0.1) is 0 Å². The van der Waals surface area contributed by atoms with E-state index < -0.39 is 0 Å². The Morgan fingerprint density at radius 2 is 1.37 bits per heavy atom. The minimum Gasteiger partial charge on any atom is -0.473 e. The molecule has 0 spiro atoms. The van der Waals surface area contributed by atoms with Crippen molar-refractivity contribution in [1.82, 2.24) is 4.98 Å². The fourth-order valence-electron chi connectivity index (χ4n) is 3.56. The third kappa shape index (κ3) is 6.19. The Kier molecular flexibility index (Phi) is 8.00. The maximum absolute atomic E-state index is 11.5. The highest BCUT2D eigenvalue weighted by Gasteiger charge is 2.18. The number of anilines is 3. The SMILES string of the molecule is CN(C=O)c1cc(Br)ccc1N(C)c1ccc(OCc2ccccc2)nc1OCc1ccccc1. The zero-order chi connectivity index (χ0) is 24.6. The monoisotopic (exact) mass is 531 g/mol. The molecule has 178 valence electrons. The van der Waals surface area contributed by atoms with Crippen molar-refractivity contribution in [2.75, 3.05) is 23.9 Å². The van der Waals surface area contributed by atoms with Gasteiger partial charge in [0.15, 0.2) is 0 Å². The molecule has 0 aliphatic rings. The predicted octanol–water partition coefficient (Wildman–Crippen LogP) is 6.36. The average Bonchev–Trinajstić information content (AvgIpc) is 2.91. The fourth-order valence-corrected chi connectivity index (χ4v) is 3.91. The highest BCUT2D eigenvalue weighted by atomic mass is 79.9. The number of carbonyl (C=O) groups is 1. The Labute approximate surface area is 213 Å². The molecule has 1 aromatic heterocycles. The molecule has 35 heavy (non-hydrogen) atoms. The van der Waals surface area contributed by atoms with Gasteiger partial charge >= 0.3 is 0 Å². The second-order valence-electron chi connectivity index (χ2n) is 7.93. The lowest BCUT2D eigenvalue weighted by Crippen LogP contribution is -2.20. The molecule has 0 fully saturated rings. The highest BCUT2D eigenvalue weighted by molar-refractivity contribution is 9.10. The molecule has 0 unspecified atom stereocenters. The second-order valence-corrected chi connectivity index (χ2v) is 8.85. The zero-order valence-corrected chi connectivity index (χ0v) is 21.2. The van der Waals surface area contributed by atoms with Gasteiger partial charge in [-0.05, 0) is 35.4 Å². The van der Waals surface area contributed by atoms with Gasteiger partial charge in [-0.1, -0.05) is 76.6 Å². The molecule has 0 N–H and O–H groups in total. The lowest BCUT2D eigenvalue weighted by Gasteiger charge is -2.26. The first kappa shape index (κ1) is 24.3. The Bertz CT molecular complexity index is 1270. The number of carbonyl (C=O) groups excluding carboxylic acids is 1. The summed E-state index contributed by atoms with van der Waals surface area (Å²) in [5.41, 5.74) is 4.40. The number of aromatic nitrogens is 1. The molecule has 0 atom stereocenters. The summed E-state index contributed by atoms with van der Waals surface area (Å²) in [6.45, 7) is 0.764. The van der Waals surface area contributed by atoms with Crippen LogP contribution in [0.5, 0.6) is 11.8 Å². The van der Waals surface area contributed by atoms with Gasteiger partial charge < -0.3 is 19.3 Å². The summed E-state index contributed by atoms with van der Waals surface area (Å²) in [7, 11) is 3.64. The summed E-state index contributed by atoms with van der Waals surface area (Å²) >= 11 is 3.50. The molecule has 0 saturated heterocycles. The number of amides is 1. The van der Waals surface area contributed by atoms with Crippen molar-refractivity contribution in [3.8, 4) is 11.8 Å². The average molecular weight is 532 g/mol. The summed E-state index contributed by atoms with van der Waals surface area (Å²) in [4.78, 5) is 19.7. The maximum atomic E-state index is 11.5. The van der Waals surface area contributed by atoms with Crippen molar-refractivity contribution in [2.24, 2.45) is 0 Å². The van der Waals surface area contributed by atoms with E-state index in [1.54, 1.807) is 7.05 Å². The summed E-state index contributed by atoms with van der Waals surface area (Å²) in [6.07, 6.45) is 0.782. The van der Waals surface area contributed by atoms with Crippen LogP contribution in [-0.2, 0) is 18.0 Å². The molecular weight excluding hydrogens is 506 g/mol. The minimum atomic E-state index is 0.359. The van der Waals surface area contributed by atoms with E-state index in [1.165, 1.54) is 4.90 Å². The lowest BCUT2D eigenvalue weighted by atomic mass is 10.2. The zero-order valence-electron chi connectivity index (χ0n) is 19.6. The third-order valence-electron chi connectivity index (χ3n) is 5.46. The molecule has 0 aliphatic carbocycles. The number of nitrogens with zero attached hydrogens (tertiary/aromatic N) is 3. The van der Waals surface area contributed by atoms with Gasteiger partial charge in [-0.2, -0.15) is 4.98 Å². The van der Waals surface area contributed by atoms with E-state index in [-0.39, 0.29) is 0 Å². The van der Waals surface area contributed by atoms with Gasteiger partial charge in [0, 0.05) is 24.6 Å². The topological polar surface area (TPSA) is 54.9 Å². The molecule has 0 bridgehead atoms. The number of halogens is 1. The summed E-state index contributed by atoms with van der Waals surface area (Å²) in [5.74, 6) is 0.902. The number of benzene rings is 3. The van der Waals surface area contributed by atoms with Crippen LogP contribution >= 0.6 is 15.9 Å². The van der Waals surface area contributed by atoms with Crippen LogP contribution in [0.1, 0.15) is 11.1 Å². The Hall–Kier alpha value is -3.84. The molecule has 3 aromatic carbocycles. The second kappa shape index (κ2) is 11.5. The van der Waals surface area contributed by atoms with Gasteiger partial charge in [0.2, 0.25) is 18.2 Å². The van der Waals surface area contributed by atoms with Gasteiger partial charge in [0.1, 0.15) is 18.9 Å². The molecule has 0 aliphatic heterocycles. The fraction of sp³-hybridized carbons (Fsp3) is 0.143. The van der Waals surface area contributed by atoms with Gasteiger partial charge in [-0.25, -0.2) is 0 Å². The predicted molar refractivity (Wildman–Crippen MR) is 142 cm³/mol. The van der Waals surface area contributed by atoms with Gasteiger partial charge in [0.25, 0.3) is 0 Å². The number of rotatable bonds is 10. The molecule has 0 radical (unpaired) electrons. The standard InChI is InChI=1S/C28H26BrN3O3/c1-31(20-33)26-17-23(29)13-14-24(26)32(2)25-15-16-27(34-18-21-9-5-3-6-10-21)30-28(25)35-19-22-11-7-4-8-12-22/h3-17,20H,18-19H2,1-2H3. The van der Waals surface area contributed by atoms with Crippen LogP contribution in [0.4, 0.5) is 17.1 Å². The molecule has 4 aromatic rings. The van der Waals surface area contributed by atoms with E-state index in [0.717, 1.165) is 39.1 Å². The van der Waals surface area contributed by atoms with E-state index >= 15 is 0 Å². The van der Waals surface area contributed by atoms with Gasteiger partial charge in [-0.3, -0.25) is 4.79 Å². The molecule has 1 amide bonds. The van der Waals surface area contributed by atoms with Crippen molar-refractivity contribution < 1.29 is 14.3 Å². The van der Waals surface area contributed by atoms with E-state index in [1.807, 2.05) is 103 Å². The Balaban J connectivity index is 1.66. The first-order valence-electron chi connectivity index (χ1n) is 11.1. The van der Waals surface area contributed by atoms with Crippen LogP contribution in [0.2, 0.25) is 0 Å². The van der Waals surface area contributed by atoms with Crippen molar-refractivity contribution in [3.63, 3.8) is 0 Å². The molecule has 6 nitrogen and oxygen atoms in total. The quantitative estimate of drug-likeness (QED) is 0.223. The van der Waals surface area contributed by atoms with Crippen molar-refractivity contribution >= 4 is 39.4 Å². The smallest absolute Gasteiger partial charge is 0.241 e. The normalized spacial score (nSPS) is 10.5.